The van der Waals surface area contributed by atoms with E-state index in [9.17, 15) is 4.79 Å². The highest BCUT2D eigenvalue weighted by atomic mass is 32.1. The molecule has 4 rings (SSSR count). The second-order valence-corrected chi connectivity index (χ2v) is 7.56. The molecule has 0 aromatic carbocycles. The Labute approximate surface area is 129 Å². The van der Waals surface area contributed by atoms with Gasteiger partial charge >= 0.3 is 0 Å². The van der Waals surface area contributed by atoms with Crippen molar-refractivity contribution in [3.05, 3.63) is 16.1 Å². The van der Waals surface area contributed by atoms with E-state index in [4.69, 9.17) is 4.98 Å². The van der Waals surface area contributed by atoms with E-state index < -0.39 is 0 Å². The molecule has 2 heterocycles. The van der Waals surface area contributed by atoms with Gasteiger partial charge in [0.2, 0.25) is 5.91 Å². The molecule has 5 heteroatoms. The van der Waals surface area contributed by atoms with Gasteiger partial charge in [-0.15, -0.1) is 11.3 Å². The third kappa shape index (κ3) is 2.21. The van der Waals surface area contributed by atoms with Crippen LogP contribution in [0.4, 0.5) is 0 Å². The first kappa shape index (κ1) is 13.7. The molecule has 0 bridgehead atoms. The Hall–Kier alpha value is -0.940. The number of thiazole rings is 1. The summed E-state index contributed by atoms with van der Waals surface area (Å²) in [6.07, 6.45) is 8.11. The molecular formula is C16H23N3OS. The van der Waals surface area contributed by atoms with Gasteiger partial charge in [-0.3, -0.25) is 10.1 Å². The molecule has 0 radical (unpaired) electrons. The maximum atomic E-state index is 12.9. The lowest BCUT2D eigenvalue weighted by Gasteiger charge is -2.31. The fraction of sp³-hybridized carbons (Fsp3) is 0.750. The Morgan fingerprint density at radius 1 is 1.38 bits per heavy atom. The number of aromatic nitrogens is 1. The topological polar surface area (TPSA) is 45.2 Å². The van der Waals surface area contributed by atoms with E-state index in [1.807, 2.05) is 4.90 Å². The van der Waals surface area contributed by atoms with Crippen LogP contribution in [-0.4, -0.2) is 27.9 Å². The predicted molar refractivity (Wildman–Crippen MR) is 83.2 cm³/mol. The van der Waals surface area contributed by atoms with Gasteiger partial charge < -0.3 is 4.90 Å². The van der Waals surface area contributed by atoms with Crippen LogP contribution in [0.5, 0.6) is 0 Å². The Bertz CT molecular complexity index is 545. The van der Waals surface area contributed by atoms with Gasteiger partial charge in [-0.25, -0.2) is 4.98 Å². The fourth-order valence-electron chi connectivity index (χ4n) is 3.81. The number of hydrogen-bond acceptors (Lipinski definition) is 4. The average Bonchev–Trinajstić information content (AvgIpc) is 3.18. The molecule has 1 N–H and O–H groups in total. The molecule has 2 saturated carbocycles. The highest BCUT2D eigenvalue weighted by Gasteiger charge is 2.51. The molecule has 1 saturated heterocycles. The van der Waals surface area contributed by atoms with Crippen molar-refractivity contribution in [2.45, 2.75) is 69.5 Å². The lowest BCUT2D eigenvalue weighted by atomic mass is 9.81. The molecule has 1 aromatic rings. The van der Waals surface area contributed by atoms with Crippen LogP contribution in [-0.2, 0) is 4.79 Å². The Balaban J connectivity index is 1.62. The van der Waals surface area contributed by atoms with Gasteiger partial charge in [0.05, 0.1) is 16.2 Å². The molecule has 2 aliphatic carbocycles. The molecule has 1 aliphatic heterocycles. The van der Waals surface area contributed by atoms with E-state index in [1.165, 1.54) is 24.3 Å². The van der Waals surface area contributed by atoms with E-state index in [0.717, 1.165) is 37.9 Å². The van der Waals surface area contributed by atoms with Crippen molar-refractivity contribution in [1.29, 1.82) is 0 Å². The molecule has 114 valence electrons. The minimum absolute atomic E-state index is 0.00986. The van der Waals surface area contributed by atoms with Crippen LogP contribution < -0.4 is 5.32 Å². The van der Waals surface area contributed by atoms with Crippen LogP contribution in [0.1, 0.15) is 74.7 Å². The standard InChI is InChI=1S/C16H23N3OS/c1-2-19-13(12-10-21-14(17-12)11-6-7-11)18-16(15(19)20)8-4-3-5-9-16/h10-11,13,18H,2-9H2,1H3. The van der Waals surface area contributed by atoms with Crippen LogP contribution in [0.25, 0.3) is 0 Å². The molecule has 3 aliphatic rings. The highest BCUT2D eigenvalue weighted by molar-refractivity contribution is 7.09. The molecule has 1 atom stereocenters. The number of nitrogens with one attached hydrogen (secondary N) is 1. The first-order valence-corrected chi connectivity index (χ1v) is 9.15. The van der Waals surface area contributed by atoms with Crippen molar-refractivity contribution in [3.8, 4) is 0 Å². The van der Waals surface area contributed by atoms with Gasteiger partial charge in [-0.05, 0) is 32.6 Å². The van der Waals surface area contributed by atoms with Gasteiger partial charge in [-0.1, -0.05) is 19.3 Å². The molecule has 21 heavy (non-hydrogen) atoms. The summed E-state index contributed by atoms with van der Waals surface area (Å²) in [5, 5.41) is 7.09. The van der Waals surface area contributed by atoms with Gasteiger partial charge in [-0.2, -0.15) is 0 Å². The Morgan fingerprint density at radius 3 is 2.81 bits per heavy atom. The zero-order valence-corrected chi connectivity index (χ0v) is 13.4. The zero-order valence-electron chi connectivity index (χ0n) is 12.6. The Kier molecular flexibility index (Phi) is 3.30. The van der Waals surface area contributed by atoms with Gasteiger partial charge in [0.15, 0.2) is 0 Å². The van der Waals surface area contributed by atoms with E-state index >= 15 is 0 Å². The van der Waals surface area contributed by atoms with Crippen molar-refractivity contribution in [3.63, 3.8) is 0 Å². The number of rotatable bonds is 3. The third-order valence-electron chi connectivity index (χ3n) is 5.19. The maximum absolute atomic E-state index is 12.9. The molecule has 1 amide bonds. The summed E-state index contributed by atoms with van der Waals surface area (Å²) in [7, 11) is 0. The second-order valence-electron chi connectivity index (χ2n) is 6.67. The quantitative estimate of drug-likeness (QED) is 0.933. The van der Waals surface area contributed by atoms with E-state index in [0.29, 0.717) is 11.8 Å². The minimum Gasteiger partial charge on any atom is -0.320 e. The molecule has 3 fully saturated rings. The number of amides is 1. The van der Waals surface area contributed by atoms with Crippen LogP contribution in [0.3, 0.4) is 0 Å². The van der Waals surface area contributed by atoms with E-state index in [-0.39, 0.29) is 11.7 Å². The fourth-order valence-corrected chi connectivity index (χ4v) is 4.82. The normalized spacial score (nSPS) is 28.5. The predicted octanol–water partition coefficient (Wildman–Crippen LogP) is 3.17. The lowest BCUT2D eigenvalue weighted by molar-refractivity contribution is -0.134. The summed E-state index contributed by atoms with van der Waals surface area (Å²) in [5.74, 6) is 0.996. The summed E-state index contributed by atoms with van der Waals surface area (Å²) in [5.41, 5.74) is 0.752. The van der Waals surface area contributed by atoms with Crippen molar-refractivity contribution >= 4 is 17.2 Å². The number of hydrogen-bond donors (Lipinski definition) is 1. The van der Waals surface area contributed by atoms with Crippen LogP contribution >= 0.6 is 11.3 Å². The number of carbonyl (C=O) groups excluding carboxylic acids is 1. The van der Waals surface area contributed by atoms with E-state index in [2.05, 4.69) is 17.6 Å². The minimum atomic E-state index is -0.303. The van der Waals surface area contributed by atoms with Gasteiger partial charge in [0.1, 0.15) is 6.17 Å². The summed E-state index contributed by atoms with van der Waals surface area (Å²) < 4.78 is 0. The third-order valence-corrected chi connectivity index (χ3v) is 6.21. The van der Waals surface area contributed by atoms with Gasteiger partial charge in [0.25, 0.3) is 0 Å². The average molecular weight is 305 g/mol. The first-order chi connectivity index (χ1) is 10.2. The molecular weight excluding hydrogens is 282 g/mol. The van der Waals surface area contributed by atoms with E-state index in [1.54, 1.807) is 11.3 Å². The van der Waals surface area contributed by atoms with Crippen LogP contribution in [0.2, 0.25) is 0 Å². The summed E-state index contributed by atoms with van der Waals surface area (Å²) in [6, 6.07) is 0. The first-order valence-electron chi connectivity index (χ1n) is 8.27. The van der Waals surface area contributed by atoms with Crippen LogP contribution in [0.15, 0.2) is 5.38 Å². The van der Waals surface area contributed by atoms with Crippen molar-refractivity contribution in [2.75, 3.05) is 6.54 Å². The summed E-state index contributed by atoms with van der Waals surface area (Å²) in [4.78, 5) is 19.7. The van der Waals surface area contributed by atoms with Gasteiger partial charge in [0, 0.05) is 17.8 Å². The summed E-state index contributed by atoms with van der Waals surface area (Å²) >= 11 is 1.77. The zero-order chi connectivity index (χ0) is 14.4. The SMILES string of the molecule is CCN1C(=O)C2(CCCCC2)NC1c1csc(C2CC2)n1. The summed E-state index contributed by atoms with van der Waals surface area (Å²) in [6.45, 7) is 2.83. The highest BCUT2D eigenvalue weighted by Crippen LogP contribution is 2.44. The van der Waals surface area contributed by atoms with Crippen molar-refractivity contribution in [1.82, 2.24) is 15.2 Å². The van der Waals surface area contributed by atoms with Crippen molar-refractivity contribution in [2.24, 2.45) is 0 Å². The van der Waals surface area contributed by atoms with Crippen molar-refractivity contribution < 1.29 is 4.79 Å². The number of carbonyl (C=O) groups is 1. The molecule has 1 spiro atoms. The monoisotopic (exact) mass is 305 g/mol. The smallest absolute Gasteiger partial charge is 0.244 e. The molecule has 4 nitrogen and oxygen atoms in total. The Morgan fingerprint density at radius 2 is 2.14 bits per heavy atom. The number of likely N-dealkylation sites (N-methyl/N-ethyl adjacent to an activating group) is 1. The molecule has 1 aromatic heterocycles. The number of nitrogens with zero attached hydrogens (tertiary/aromatic N) is 2. The molecule has 1 unspecified atom stereocenters. The largest absolute Gasteiger partial charge is 0.320 e. The van der Waals surface area contributed by atoms with Crippen LogP contribution in [0, 0.1) is 0 Å². The maximum Gasteiger partial charge on any atom is 0.244 e. The second kappa shape index (κ2) is 5.06. The lowest BCUT2D eigenvalue weighted by Crippen LogP contribution is -2.48.